The first kappa shape index (κ1) is 37.1. The minimum atomic E-state index is -0.493. The van der Waals surface area contributed by atoms with Gasteiger partial charge < -0.3 is 9.80 Å². The number of anilines is 4. The van der Waals surface area contributed by atoms with Gasteiger partial charge >= 0.3 is 0 Å². The summed E-state index contributed by atoms with van der Waals surface area (Å²) in [5, 5.41) is 0. The fourth-order valence-electron chi connectivity index (χ4n) is 10.9. The summed E-state index contributed by atoms with van der Waals surface area (Å²) in [4.78, 5) is 5.01. The zero-order valence-corrected chi connectivity index (χ0v) is 35.1. The summed E-state index contributed by atoms with van der Waals surface area (Å²) in [6.07, 6.45) is 18.1. The zero-order valence-electron chi connectivity index (χ0n) is 35.1. The van der Waals surface area contributed by atoms with E-state index in [4.69, 9.17) is 0 Å². The smallest absolute Gasteiger partial charge is 0.0714 e. The van der Waals surface area contributed by atoms with Crippen LogP contribution < -0.4 is 9.80 Å². The molecular weight excluding hydrogens is 761 g/mol. The van der Waals surface area contributed by atoms with Crippen molar-refractivity contribution in [1.82, 2.24) is 0 Å². The van der Waals surface area contributed by atoms with E-state index in [0.29, 0.717) is 12.0 Å². The van der Waals surface area contributed by atoms with E-state index in [1.54, 1.807) is 0 Å². The van der Waals surface area contributed by atoms with Crippen molar-refractivity contribution < 1.29 is 0 Å². The second-order valence-corrected chi connectivity index (χ2v) is 17.1. The Morgan fingerprint density at radius 2 is 1.03 bits per heavy atom. The molecule has 0 radical (unpaired) electrons. The second-order valence-electron chi connectivity index (χ2n) is 17.1. The molecule has 8 aromatic carbocycles. The van der Waals surface area contributed by atoms with Gasteiger partial charge in [0, 0.05) is 34.4 Å². The fourth-order valence-corrected chi connectivity index (χ4v) is 10.9. The second kappa shape index (κ2) is 15.3. The molecule has 0 N–H and O–H groups in total. The molecule has 300 valence electrons. The Morgan fingerprint density at radius 1 is 0.460 bits per heavy atom. The molecule has 2 unspecified atom stereocenters. The molecule has 3 aliphatic carbocycles. The number of fused-ring (bicyclic) bond motifs is 6. The molecule has 0 bridgehead atoms. The lowest BCUT2D eigenvalue weighted by Gasteiger charge is -2.35. The van der Waals surface area contributed by atoms with E-state index in [0.717, 1.165) is 29.9 Å². The topological polar surface area (TPSA) is 6.48 Å². The van der Waals surface area contributed by atoms with Gasteiger partial charge in [-0.3, -0.25) is 0 Å². The molecule has 1 aliphatic heterocycles. The third-order valence-electron chi connectivity index (χ3n) is 13.7. The Bertz CT molecular complexity index is 3060. The molecule has 0 amide bonds. The van der Waals surface area contributed by atoms with E-state index in [9.17, 15) is 0 Å². The highest BCUT2D eigenvalue weighted by Gasteiger charge is 2.46. The van der Waals surface area contributed by atoms with Crippen LogP contribution >= 0.6 is 0 Å². The molecule has 63 heavy (non-hydrogen) atoms. The van der Waals surface area contributed by atoms with Crippen molar-refractivity contribution in [3.05, 3.63) is 276 Å². The summed E-state index contributed by atoms with van der Waals surface area (Å²) in [5.41, 5.74) is 19.5. The highest BCUT2D eigenvalue weighted by Crippen LogP contribution is 2.57. The van der Waals surface area contributed by atoms with Gasteiger partial charge in [-0.05, 0) is 129 Å². The zero-order chi connectivity index (χ0) is 41.7. The predicted octanol–water partition coefficient (Wildman–Crippen LogP) is 15.5. The van der Waals surface area contributed by atoms with Crippen LogP contribution in [0.1, 0.15) is 46.6 Å². The summed E-state index contributed by atoms with van der Waals surface area (Å²) in [6.45, 7) is 0. The minimum absolute atomic E-state index is 0.310. The number of allylic oxidation sites excluding steroid dienone is 6. The first-order chi connectivity index (χ1) is 31.3. The van der Waals surface area contributed by atoms with Crippen LogP contribution in [0, 0.1) is 0 Å². The maximum absolute atomic E-state index is 2.58. The molecule has 0 aromatic heterocycles. The van der Waals surface area contributed by atoms with Crippen molar-refractivity contribution in [2.24, 2.45) is 0 Å². The highest BCUT2D eigenvalue weighted by atomic mass is 15.2. The summed E-state index contributed by atoms with van der Waals surface area (Å²) < 4.78 is 0. The van der Waals surface area contributed by atoms with Crippen LogP contribution in [-0.4, -0.2) is 6.04 Å². The molecule has 0 saturated heterocycles. The van der Waals surface area contributed by atoms with E-state index in [1.807, 2.05) is 0 Å². The van der Waals surface area contributed by atoms with E-state index < -0.39 is 5.41 Å². The van der Waals surface area contributed by atoms with Crippen LogP contribution in [0.5, 0.6) is 0 Å². The molecule has 0 fully saturated rings. The van der Waals surface area contributed by atoms with E-state index >= 15 is 0 Å². The van der Waals surface area contributed by atoms with Gasteiger partial charge in [-0.25, -0.2) is 0 Å². The molecule has 8 aromatic rings. The summed E-state index contributed by atoms with van der Waals surface area (Å²) in [5.74, 6) is 0.329. The number of nitrogens with zero attached hydrogens (tertiary/aromatic N) is 2. The lowest BCUT2D eigenvalue weighted by Crippen LogP contribution is -2.32. The Kier molecular flexibility index (Phi) is 9.04. The number of rotatable bonds is 8. The van der Waals surface area contributed by atoms with Crippen LogP contribution in [0.15, 0.2) is 248 Å². The van der Waals surface area contributed by atoms with Gasteiger partial charge in [0.2, 0.25) is 0 Å². The molecule has 4 aliphatic rings. The maximum atomic E-state index is 2.58. The third kappa shape index (κ3) is 6.09. The maximum Gasteiger partial charge on any atom is 0.0714 e. The Balaban J connectivity index is 0.988. The normalized spacial score (nSPS) is 17.4. The van der Waals surface area contributed by atoms with Crippen LogP contribution in [0.3, 0.4) is 0 Å². The van der Waals surface area contributed by atoms with Gasteiger partial charge in [-0.1, -0.05) is 188 Å². The predicted molar refractivity (Wildman–Crippen MR) is 263 cm³/mol. The molecule has 2 atom stereocenters. The summed E-state index contributed by atoms with van der Waals surface area (Å²) in [7, 11) is 0. The fraction of sp³-hybridized carbons (Fsp3) is 0.0820. The van der Waals surface area contributed by atoms with Gasteiger partial charge in [0.25, 0.3) is 0 Å². The van der Waals surface area contributed by atoms with Crippen molar-refractivity contribution in [2.45, 2.75) is 30.2 Å². The van der Waals surface area contributed by atoms with Gasteiger partial charge in [0.1, 0.15) is 0 Å². The lowest BCUT2D eigenvalue weighted by molar-refractivity contribution is 0.701. The quantitative estimate of drug-likeness (QED) is 0.151. The van der Waals surface area contributed by atoms with Gasteiger partial charge in [0.05, 0.1) is 11.5 Å². The van der Waals surface area contributed by atoms with Crippen molar-refractivity contribution >= 4 is 22.7 Å². The summed E-state index contributed by atoms with van der Waals surface area (Å²) in [6, 6.07) is 74.6. The van der Waals surface area contributed by atoms with Gasteiger partial charge in [-0.2, -0.15) is 0 Å². The SMILES string of the molecule is C1=CCCC(N2c3ccc(-c4ccc(N(c5ccc(-c6ccccc6)cc5)c5ccc6c(c5)C(c5ccccc5)(c5ccccc5)c5ccccc5-6)cc4)cc3C3C=CC=CC32)=C1. The Hall–Kier alpha value is -7.68. The van der Waals surface area contributed by atoms with Crippen molar-refractivity contribution in [3.63, 3.8) is 0 Å². The molecular formula is C61H46N2. The van der Waals surface area contributed by atoms with Crippen molar-refractivity contribution in [2.75, 3.05) is 9.80 Å². The van der Waals surface area contributed by atoms with Crippen LogP contribution in [0.4, 0.5) is 22.7 Å². The monoisotopic (exact) mass is 806 g/mol. The Labute approximate surface area is 370 Å². The Morgan fingerprint density at radius 3 is 1.71 bits per heavy atom. The highest BCUT2D eigenvalue weighted by molar-refractivity contribution is 5.90. The standard InChI is InChI=1S/C61H46N2/c1-5-17-43(18-6-1)44-29-34-50(35-30-44)62(51-36-31-45(32-37-51)46-33-40-60-56(41-46)55-26-14-16-28-59(55)63(60)49-23-11-4-12-24-49)52-38-39-54-53-25-13-15-27-57(53)61(58(54)42-52,47-19-7-2-8-20-47)48-21-9-3-10-22-48/h1-11,13-23,25-42,55,59H,12,24H2. The van der Waals surface area contributed by atoms with E-state index in [1.165, 1.54) is 72.6 Å². The molecule has 0 saturated carbocycles. The molecule has 1 heterocycles. The van der Waals surface area contributed by atoms with Gasteiger partial charge in [-0.15, -0.1) is 0 Å². The first-order valence-electron chi connectivity index (χ1n) is 22.3. The van der Waals surface area contributed by atoms with Crippen LogP contribution in [0.2, 0.25) is 0 Å². The molecule has 2 nitrogen and oxygen atoms in total. The van der Waals surface area contributed by atoms with E-state index in [-0.39, 0.29) is 0 Å². The van der Waals surface area contributed by atoms with Gasteiger partial charge in [0.15, 0.2) is 0 Å². The van der Waals surface area contributed by atoms with Crippen molar-refractivity contribution in [1.29, 1.82) is 0 Å². The van der Waals surface area contributed by atoms with E-state index in [2.05, 4.69) is 253 Å². The summed E-state index contributed by atoms with van der Waals surface area (Å²) >= 11 is 0. The average molecular weight is 807 g/mol. The van der Waals surface area contributed by atoms with Crippen molar-refractivity contribution in [3.8, 4) is 33.4 Å². The molecule has 0 spiro atoms. The number of benzene rings is 8. The van der Waals surface area contributed by atoms with Crippen LogP contribution in [-0.2, 0) is 5.41 Å². The third-order valence-corrected chi connectivity index (χ3v) is 13.7. The average Bonchev–Trinajstić information content (AvgIpc) is 3.86. The minimum Gasteiger partial charge on any atom is -0.337 e. The first-order valence-corrected chi connectivity index (χ1v) is 22.3. The molecule has 2 heteroatoms. The number of hydrogen-bond donors (Lipinski definition) is 0. The largest absolute Gasteiger partial charge is 0.337 e. The number of hydrogen-bond acceptors (Lipinski definition) is 2. The lowest BCUT2D eigenvalue weighted by atomic mass is 9.67. The van der Waals surface area contributed by atoms with Crippen LogP contribution in [0.25, 0.3) is 33.4 Å². The molecule has 12 rings (SSSR count).